The molecule has 3 nitrogen and oxygen atoms in total. The van der Waals surface area contributed by atoms with Gasteiger partial charge in [-0.2, -0.15) is 0 Å². The van der Waals surface area contributed by atoms with Gasteiger partial charge in [-0.05, 0) is 48.6 Å². The lowest BCUT2D eigenvalue weighted by Crippen LogP contribution is -2.06. The molecule has 0 fully saturated rings. The lowest BCUT2D eigenvalue weighted by Gasteiger charge is -2.19. The van der Waals surface area contributed by atoms with E-state index in [1.54, 1.807) is 6.07 Å². The standard InChI is InChI=1S/C23H22O3/c1-16-7-9-17(10-8-16)11-13-20(18-5-3-2-4-6-18)19-12-14-22(24)21(15-19)23(25)26/h2-10,12,14-15,20,24H,11,13H2,1H3,(H,25,26). The number of rotatable bonds is 6. The maximum Gasteiger partial charge on any atom is 0.339 e. The highest BCUT2D eigenvalue weighted by Crippen LogP contribution is 2.32. The Bertz CT molecular complexity index is 883. The number of hydrogen-bond donors (Lipinski definition) is 2. The second-order valence-electron chi connectivity index (χ2n) is 6.57. The molecule has 3 rings (SSSR count). The molecule has 132 valence electrons. The molecule has 26 heavy (non-hydrogen) atoms. The number of carbonyl (C=O) groups is 1. The molecule has 3 heteroatoms. The first kappa shape index (κ1) is 17.7. The van der Waals surface area contributed by atoms with Gasteiger partial charge in [0.15, 0.2) is 0 Å². The summed E-state index contributed by atoms with van der Waals surface area (Å²) in [6.07, 6.45) is 1.75. The van der Waals surface area contributed by atoms with Crippen molar-refractivity contribution in [2.75, 3.05) is 0 Å². The van der Waals surface area contributed by atoms with Crippen molar-refractivity contribution >= 4 is 5.97 Å². The van der Waals surface area contributed by atoms with Crippen LogP contribution in [0.15, 0.2) is 72.8 Å². The molecule has 1 atom stereocenters. The number of benzene rings is 3. The summed E-state index contributed by atoms with van der Waals surface area (Å²) in [6, 6.07) is 23.4. The van der Waals surface area contributed by atoms with Gasteiger partial charge in [0.1, 0.15) is 11.3 Å². The number of carboxylic acid groups (broad SMARTS) is 1. The molecular formula is C23H22O3. The second kappa shape index (κ2) is 7.87. The molecule has 0 saturated heterocycles. The normalized spacial score (nSPS) is 11.9. The van der Waals surface area contributed by atoms with E-state index >= 15 is 0 Å². The Morgan fingerprint density at radius 2 is 1.62 bits per heavy atom. The molecule has 0 radical (unpaired) electrons. The van der Waals surface area contributed by atoms with Crippen LogP contribution in [-0.2, 0) is 6.42 Å². The summed E-state index contributed by atoms with van der Waals surface area (Å²) in [5.41, 5.74) is 4.48. The number of hydrogen-bond acceptors (Lipinski definition) is 2. The molecule has 2 N–H and O–H groups in total. The molecule has 0 aliphatic carbocycles. The lowest BCUT2D eigenvalue weighted by molar-refractivity contribution is 0.0693. The summed E-state index contributed by atoms with van der Waals surface area (Å²) in [5, 5.41) is 19.1. The van der Waals surface area contributed by atoms with Crippen molar-refractivity contribution in [3.8, 4) is 5.75 Å². The predicted molar refractivity (Wildman–Crippen MR) is 103 cm³/mol. The zero-order valence-electron chi connectivity index (χ0n) is 14.7. The minimum atomic E-state index is -1.12. The van der Waals surface area contributed by atoms with Crippen molar-refractivity contribution in [1.82, 2.24) is 0 Å². The summed E-state index contributed by atoms with van der Waals surface area (Å²) in [6.45, 7) is 2.07. The molecule has 0 spiro atoms. The highest BCUT2D eigenvalue weighted by molar-refractivity contribution is 5.91. The molecule has 0 aliphatic rings. The number of aromatic carboxylic acids is 1. The van der Waals surface area contributed by atoms with E-state index < -0.39 is 5.97 Å². The van der Waals surface area contributed by atoms with Crippen molar-refractivity contribution in [3.05, 3.63) is 101 Å². The van der Waals surface area contributed by atoms with E-state index in [0.29, 0.717) is 0 Å². The van der Waals surface area contributed by atoms with Gasteiger partial charge in [-0.25, -0.2) is 4.79 Å². The van der Waals surface area contributed by atoms with E-state index in [4.69, 9.17) is 0 Å². The first-order chi connectivity index (χ1) is 12.5. The van der Waals surface area contributed by atoms with Crippen LogP contribution in [0.4, 0.5) is 0 Å². The number of aromatic hydroxyl groups is 1. The van der Waals surface area contributed by atoms with Gasteiger partial charge in [0.2, 0.25) is 0 Å². The topological polar surface area (TPSA) is 57.5 Å². The van der Waals surface area contributed by atoms with Crippen LogP contribution in [0.25, 0.3) is 0 Å². The maximum atomic E-state index is 11.4. The zero-order valence-corrected chi connectivity index (χ0v) is 14.7. The first-order valence-corrected chi connectivity index (χ1v) is 8.71. The molecule has 0 aliphatic heterocycles. The third kappa shape index (κ3) is 4.12. The number of phenols is 1. The van der Waals surface area contributed by atoms with Crippen LogP contribution in [0.2, 0.25) is 0 Å². The van der Waals surface area contributed by atoms with Gasteiger partial charge in [-0.15, -0.1) is 0 Å². The van der Waals surface area contributed by atoms with Gasteiger partial charge in [0, 0.05) is 5.92 Å². The minimum absolute atomic E-state index is 0.0567. The fraction of sp³-hybridized carbons (Fsp3) is 0.174. The summed E-state index contributed by atoms with van der Waals surface area (Å²) in [5.74, 6) is -1.25. The molecule has 3 aromatic rings. The summed E-state index contributed by atoms with van der Waals surface area (Å²) in [7, 11) is 0. The fourth-order valence-electron chi connectivity index (χ4n) is 3.22. The third-order valence-corrected chi connectivity index (χ3v) is 4.70. The summed E-state index contributed by atoms with van der Waals surface area (Å²) >= 11 is 0. The average molecular weight is 346 g/mol. The van der Waals surface area contributed by atoms with Crippen molar-refractivity contribution in [1.29, 1.82) is 0 Å². The first-order valence-electron chi connectivity index (χ1n) is 8.71. The van der Waals surface area contributed by atoms with E-state index in [1.165, 1.54) is 17.2 Å². The van der Waals surface area contributed by atoms with Gasteiger partial charge in [0.25, 0.3) is 0 Å². The minimum Gasteiger partial charge on any atom is -0.507 e. The number of aryl methyl sites for hydroxylation is 2. The fourth-order valence-corrected chi connectivity index (χ4v) is 3.22. The van der Waals surface area contributed by atoms with Crippen molar-refractivity contribution in [2.24, 2.45) is 0 Å². The van der Waals surface area contributed by atoms with Gasteiger partial charge in [-0.3, -0.25) is 0 Å². The van der Waals surface area contributed by atoms with Crippen LogP contribution in [-0.4, -0.2) is 16.2 Å². The van der Waals surface area contributed by atoms with Crippen LogP contribution < -0.4 is 0 Å². The molecule has 0 bridgehead atoms. The Balaban J connectivity index is 1.92. The summed E-state index contributed by atoms with van der Waals surface area (Å²) < 4.78 is 0. The molecule has 0 amide bonds. The second-order valence-corrected chi connectivity index (χ2v) is 6.57. The van der Waals surface area contributed by atoms with Crippen LogP contribution in [0.5, 0.6) is 5.75 Å². The van der Waals surface area contributed by atoms with Crippen LogP contribution >= 0.6 is 0 Å². The molecule has 3 aromatic carbocycles. The molecule has 1 unspecified atom stereocenters. The Morgan fingerprint density at radius 3 is 2.27 bits per heavy atom. The quantitative estimate of drug-likeness (QED) is 0.648. The van der Waals surface area contributed by atoms with E-state index in [-0.39, 0.29) is 17.2 Å². The Kier molecular flexibility index (Phi) is 5.37. The van der Waals surface area contributed by atoms with Crippen molar-refractivity contribution in [3.63, 3.8) is 0 Å². The Morgan fingerprint density at radius 1 is 0.923 bits per heavy atom. The van der Waals surface area contributed by atoms with E-state index in [0.717, 1.165) is 24.0 Å². The molecule has 0 heterocycles. The Labute approximate surface area is 153 Å². The monoisotopic (exact) mass is 346 g/mol. The average Bonchev–Trinajstić information content (AvgIpc) is 2.65. The number of carboxylic acids is 1. The predicted octanol–water partition coefficient (Wildman–Crippen LogP) is 5.16. The highest BCUT2D eigenvalue weighted by Gasteiger charge is 2.18. The molecule has 0 saturated carbocycles. The largest absolute Gasteiger partial charge is 0.507 e. The zero-order chi connectivity index (χ0) is 18.5. The van der Waals surface area contributed by atoms with Gasteiger partial charge in [0.05, 0.1) is 0 Å². The van der Waals surface area contributed by atoms with Crippen molar-refractivity contribution in [2.45, 2.75) is 25.7 Å². The van der Waals surface area contributed by atoms with E-state index in [9.17, 15) is 15.0 Å². The smallest absolute Gasteiger partial charge is 0.339 e. The van der Waals surface area contributed by atoms with Crippen LogP contribution in [0, 0.1) is 6.92 Å². The van der Waals surface area contributed by atoms with Crippen molar-refractivity contribution < 1.29 is 15.0 Å². The van der Waals surface area contributed by atoms with Gasteiger partial charge >= 0.3 is 5.97 Å². The van der Waals surface area contributed by atoms with Crippen LogP contribution in [0.1, 0.15) is 45.0 Å². The maximum absolute atomic E-state index is 11.4. The molecule has 0 aromatic heterocycles. The highest BCUT2D eigenvalue weighted by atomic mass is 16.4. The lowest BCUT2D eigenvalue weighted by atomic mass is 9.85. The third-order valence-electron chi connectivity index (χ3n) is 4.70. The van der Waals surface area contributed by atoms with Gasteiger partial charge < -0.3 is 10.2 Å². The molecular weight excluding hydrogens is 324 g/mol. The van der Waals surface area contributed by atoms with E-state index in [2.05, 4.69) is 43.3 Å². The Hall–Kier alpha value is -3.07. The summed E-state index contributed by atoms with van der Waals surface area (Å²) in [4.78, 5) is 11.4. The van der Waals surface area contributed by atoms with E-state index in [1.807, 2.05) is 24.3 Å². The van der Waals surface area contributed by atoms with Gasteiger partial charge in [-0.1, -0.05) is 66.2 Å². The SMILES string of the molecule is Cc1ccc(CCC(c2ccccc2)c2ccc(O)c(C(=O)O)c2)cc1. The van der Waals surface area contributed by atoms with Crippen LogP contribution in [0.3, 0.4) is 0 Å².